The number of fused-ring (bicyclic) bond motifs is 1. The van der Waals surface area contributed by atoms with Gasteiger partial charge in [0.2, 0.25) is 0 Å². The largest absolute Gasteiger partial charge is 0.346 e. The van der Waals surface area contributed by atoms with E-state index in [4.69, 9.17) is 0 Å². The summed E-state index contributed by atoms with van der Waals surface area (Å²) in [5, 5.41) is 7.53. The molecule has 0 aliphatic carbocycles. The predicted octanol–water partition coefficient (Wildman–Crippen LogP) is 4.26. The molecule has 5 aromatic rings. The van der Waals surface area contributed by atoms with Crippen molar-refractivity contribution in [3.05, 3.63) is 108 Å². The van der Waals surface area contributed by atoms with Crippen molar-refractivity contribution in [3.8, 4) is 16.9 Å². The third-order valence-electron chi connectivity index (χ3n) is 4.94. The van der Waals surface area contributed by atoms with Crippen molar-refractivity contribution in [1.29, 1.82) is 0 Å². The highest BCUT2D eigenvalue weighted by Crippen LogP contribution is 2.24. The molecule has 0 atom stereocenters. The van der Waals surface area contributed by atoms with Crippen molar-refractivity contribution in [2.75, 3.05) is 0 Å². The van der Waals surface area contributed by atoms with Crippen molar-refractivity contribution < 1.29 is 9.18 Å². The number of halogens is 1. The number of nitrogens with zero attached hydrogens (tertiary/aromatic N) is 4. The van der Waals surface area contributed by atoms with Crippen LogP contribution in [-0.2, 0) is 6.54 Å². The van der Waals surface area contributed by atoms with E-state index >= 15 is 0 Å². The van der Waals surface area contributed by atoms with E-state index in [1.54, 1.807) is 23.0 Å². The van der Waals surface area contributed by atoms with Gasteiger partial charge in [-0.3, -0.25) is 4.79 Å². The maximum Gasteiger partial charge on any atom is 0.255 e. The summed E-state index contributed by atoms with van der Waals surface area (Å²) in [5.41, 5.74) is 3.93. The maximum absolute atomic E-state index is 13.4. The van der Waals surface area contributed by atoms with Crippen LogP contribution in [-0.4, -0.2) is 25.1 Å². The van der Waals surface area contributed by atoms with Crippen LogP contribution in [0.15, 0.2) is 91.4 Å². The molecule has 7 heteroatoms. The molecular weight excluding hydrogens is 393 g/mol. The monoisotopic (exact) mass is 411 g/mol. The molecule has 0 aliphatic rings. The molecule has 0 bridgehead atoms. The number of rotatable bonds is 5. The van der Waals surface area contributed by atoms with Crippen LogP contribution in [0.1, 0.15) is 16.1 Å². The normalized spacial score (nSPS) is 11.0. The lowest BCUT2D eigenvalue weighted by Crippen LogP contribution is -2.23. The molecule has 5 rings (SSSR count). The molecule has 0 spiro atoms. The molecule has 31 heavy (non-hydrogen) atoms. The van der Waals surface area contributed by atoms with Gasteiger partial charge < -0.3 is 9.72 Å². The van der Waals surface area contributed by atoms with Crippen molar-refractivity contribution in [3.63, 3.8) is 0 Å². The minimum absolute atomic E-state index is 0.278. The van der Waals surface area contributed by atoms with Gasteiger partial charge in [-0.25, -0.2) is 14.1 Å². The first kappa shape index (κ1) is 18.7. The Morgan fingerprint density at radius 2 is 1.71 bits per heavy atom. The number of benzene rings is 2. The Morgan fingerprint density at radius 3 is 2.48 bits per heavy atom. The van der Waals surface area contributed by atoms with Crippen LogP contribution in [0.5, 0.6) is 0 Å². The zero-order valence-corrected chi connectivity index (χ0v) is 16.4. The number of aromatic nitrogens is 4. The summed E-state index contributed by atoms with van der Waals surface area (Å²) in [4.78, 5) is 17.6. The van der Waals surface area contributed by atoms with E-state index in [0.717, 1.165) is 17.0 Å². The zero-order valence-electron chi connectivity index (χ0n) is 16.4. The molecule has 1 N–H and O–H groups in total. The number of imidazole rings is 1. The lowest BCUT2D eigenvalue weighted by Gasteiger charge is -2.04. The van der Waals surface area contributed by atoms with Gasteiger partial charge in [0.05, 0.1) is 23.5 Å². The number of carbonyl (C=O) groups is 1. The zero-order chi connectivity index (χ0) is 21.2. The standard InChI is InChI=1S/C24H18FN5O/c25-18-11-9-17(10-12-18)23-21(16-30(28-23)20-6-2-1-3-7-20)24(31)26-14-19-15-29-13-5-4-8-22(29)27-19/h1-13,15-16H,14H2,(H,26,31). The minimum atomic E-state index is -0.343. The second kappa shape index (κ2) is 7.87. The van der Waals surface area contributed by atoms with E-state index in [0.29, 0.717) is 16.8 Å². The highest BCUT2D eigenvalue weighted by molar-refractivity contribution is 5.99. The Bertz CT molecular complexity index is 1320. The van der Waals surface area contributed by atoms with E-state index in [1.165, 1.54) is 12.1 Å². The summed E-state index contributed by atoms with van der Waals surface area (Å²) in [6, 6.07) is 21.2. The van der Waals surface area contributed by atoms with Crippen LogP contribution in [0.3, 0.4) is 0 Å². The van der Waals surface area contributed by atoms with Crippen LogP contribution >= 0.6 is 0 Å². The molecule has 1 amide bonds. The number of hydrogen-bond donors (Lipinski definition) is 1. The summed E-state index contributed by atoms with van der Waals surface area (Å²) >= 11 is 0. The second-order valence-corrected chi connectivity index (χ2v) is 7.06. The number of nitrogens with one attached hydrogen (secondary N) is 1. The van der Waals surface area contributed by atoms with Gasteiger partial charge in [-0.15, -0.1) is 0 Å². The van der Waals surface area contributed by atoms with E-state index in [1.807, 2.05) is 65.3 Å². The van der Waals surface area contributed by atoms with Crippen LogP contribution in [0.25, 0.3) is 22.6 Å². The molecule has 0 unspecified atom stereocenters. The molecule has 3 aromatic heterocycles. The molecular formula is C24H18FN5O. The lowest BCUT2D eigenvalue weighted by molar-refractivity contribution is 0.0951. The lowest BCUT2D eigenvalue weighted by atomic mass is 10.1. The van der Waals surface area contributed by atoms with E-state index in [2.05, 4.69) is 15.4 Å². The molecule has 3 heterocycles. The summed E-state index contributed by atoms with van der Waals surface area (Å²) in [5.74, 6) is -0.623. The smallest absolute Gasteiger partial charge is 0.255 e. The highest BCUT2D eigenvalue weighted by Gasteiger charge is 2.19. The van der Waals surface area contributed by atoms with Crippen molar-refractivity contribution in [2.24, 2.45) is 0 Å². The number of hydrogen-bond acceptors (Lipinski definition) is 3. The van der Waals surface area contributed by atoms with Crippen LogP contribution in [0.4, 0.5) is 4.39 Å². The number of para-hydroxylation sites is 1. The Morgan fingerprint density at radius 1 is 0.935 bits per heavy atom. The van der Waals surface area contributed by atoms with Crippen LogP contribution in [0, 0.1) is 5.82 Å². The Labute approximate surface area is 177 Å². The summed E-state index contributed by atoms with van der Waals surface area (Å²) < 4.78 is 17.0. The summed E-state index contributed by atoms with van der Waals surface area (Å²) in [6.45, 7) is 0.278. The summed E-state index contributed by atoms with van der Waals surface area (Å²) in [6.07, 6.45) is 5.47. The first-order valence-corrected chi connectivity index (χ1v) is 9.79. The molecule has 0 radical (unpaired) electrons. The quantitative estimate of drug-likeness (QED) is 0.470. The van der Waals surface area contributed by atoms with Gasteiger partial charge >= 0.3 is 0 Å². The van der Waals surface area contributed by atoms with Gasteiger partial charge in [-0.05, 0) is 48.5 Å². The maximum atomic E-state index is 13.4. The summed E-state index contributed by atoms with van der Waals surface area (Å²) in [7, 11) is 0. The van der Waals surface area contributed by atoms with Gasteiger partial charge in [0.25, 0.3) is 5.91 Å². The molecule has 152 valence electrons. The van der Waals surface area contributed by atoms with Crippen molar-refractivity contribution in [1.82, 2.24) is 24.5 Å². The molecule has 0 saturated carbocycles. The van der Waals surface area contributed by atoms with Gasteiger partial charge in [0.15, 0.2) is 0 Å². The Hall–Kier alpha value is -4.26. The Balaban J connectivity index is 1.46. The fourth-order valence-corrected chi connectivity index (χ4v) is 3.41. The fraction of sp³-hybridized carbons (Fsp3) is 0.0417. The molecule has 6 nitrogen and oxygen atoms in total. The SMILES string of the molecule is O=C(NCc1cn2ccccc2n1)c1cn(-c2ccccc2)nc1-c1ccc(F)cc1. The number of amides is 1. The first-order valence-electron chi connectivity index (χ1n) is 9.79. The number of carbonyl (C=O) groups excluding carboxylic acids is 1. The predicted molar refractivity (Wildman–Crippen MR) is 115 cm³/mol. The van der Waals surface area contributed by atoms with E-state index < -0.39 is 0 Å². The minimum Gasteiger partial charge on any atom is -0.346 e. The molecule has 0 fully saturated rings. The average Bonchev–Trinajstić information content (AvgIpc) is 3.43. The van der Waals surface area contributed by atoms with E-state index in [-0.39, 0.29) is 18.3 Å². The second-order valence-electron chi connectivity index (χ2n) is 7.06. The van der Waals surface area contributed by atoms with Gasteiger partial charge in [0, 0.05) is 24.2 Å². The van der Waals surface area contributed by atoms with Crippen molar-refractivity contribution in [2.45, 2.75) is 6.54 Å². The number of pyridine rings is 1. The fourth-order valence-electron chi connectivity index (χ4n) is 3.41. The highest BCUT2D eigenvalue weighted by atomic mass is 19.1. The van der Waals surface area contributed by atoms with Crippen LogP contribution < -0.4 is 5.32 Å². The van der Waals surface area contributed by atoms with Crippen LogP contribution in [0.2, 0.25) is 0 Å². The molecule has 0 aliphatic heterocycles. The Kier molecular flexibility index (Phi) is 4.76. The van der Waals surface area contributed by atoms with Gasteiger partial charge in [-0.1, -0.05) is 24.3 Å². The van der Waals surface area contributed by atoms with Crippen molar-refractivity contribution >= 4 is 11.6 Å². The third kappa shape index (κ3) is 3.81. The third-order valence-corrected chi connectivity index (χ3v) is 4.94. The topological polar surface area (TPSA) is 64.2 Å². The van der Waals surface area contributed by atoms with Gasteiger partial charge in [-0.2, -0.15) is 5.10 Å². The molecule has 0 saturated heterocycles. The average molecular weight is 411 g/mol. The van der Waals surface area contributed by atoms with E-state index in [9.17, 15) is 9.18 Å². The first-order chi connectivity index (χ1) is 15.2. The molecule has 2 aromatic carbocycles. The van der Waals surface area contributed by atoms with Gasteiger partial charge in [0.1, 0.15) is 17.2 Å².